The van der Waals surface area contributed by atoms with Crippen LogP contribution in [0.4, 0.5) is 10.5 Å². The van der Waals surface area contributed by atoms with Gasteiger partial charge in [-0.05, 0) is 52.8 Å². The van der Waals surface area contributed by atoms with E-state index in [1.54, 1.807) is 24.3 Å². The highest BCUT2D eigenvalue weighted by atomic mass is 16.5. The molecule has 7 nitrogen and oxygen atoms in total. The number of carbonyl (C=O) groups excluding carboxylic acids is 2. The van der Waals surface area contributed by atoms with Gasteiger partial charge in [0.1, 0.15) is 13.2 Å². The number of carboxylic acid groups (broad SMARTS) is 1. The second-order valence-corrected chi connectivity index (χ2v) is 8.97. The Morgan fingerprint density at radius 1 is 0.914 bits per heavy atom. The van der Waals surface area contributed by atoms with Crippen molar-refractivity contribution in [3.63, 3.8) is 0 Å². The predicted octanol–water partition coefficient (Wildman–Crippen LogP) is 4.67. The van der Waals surface area contributed by atoms with Gasteiger partial charge in [0.2, 0.25) is 5.91 Å². The highest BCUT2D eigenvalue weighted by Crippen LogP contribution is 2.44. The molecule has 2 N–H and O–H groups in total. The zero-order valence-corrected chi connectivity index (χ0v) is 19.1. The molecule has 1 fully saturated rings. The number of carbonyl (C=O) groups is 3. The van der Waals surface area contributed by atoms with Crippen molar-refractivity contribution in [1.29, 1.82) is 0 Å². The summed E-state index contributed by atoms with van der Waals surface area (Å²) in [4.78, 5) is 37.8. The van der Waals surface area contributed by atoms with Crippen molar-refractivity contribution in [3.8, 4) is 11.1 Å². The topological polar surface area (TPSA) is 95.9 Å². The Hall–Kier alpha value is -4.13. The first-order valence-electron chi connectivity index (χ1n) is 11.7. The van der Waals surface area contributed by atoms with Crippen LogP contribution in [0, 0.1) is 0 Å². The van der Waals surface area contributed by atoms with Gasteiger partial charge in [0, 0.05) is 17.6 Å². The Morgan fingerprint density at radius 2 is 1.57 bits per heavy atom. The molecule has 2 aliphatic carbocycles. The fourth-order valence-electron chi connectivity index (χ4n) is 4.74. The first-order valence-corrected chi connectivity index (χ1v) is 11.7. The molecule has 178 valence electrons. The number of benzene rings is 3. The summed E-state index contributed by atoms with van der Waals surface area (Å²) in [6, 6.07) is 23.3. The van der Waals surface area contributed by atoms with E-state index < -0.39 is 12.1 Å². The van der Waals surface area contributed by atoms with Gasteiger partial charge in [-0.3, -0.25) is 14.9 Å². The third-order valence-corrected chi connectivity index (χ3v) is 6.49. The lowest BCUT2D eigenvalue weighted by Crippen LogP contribution is -2.38. The number of hydrogen-bond acceptors (Lipinski definition) is 4. The van der Waals surface area contributed by atoms with E-state index in [2.05, 4.69) is 29.6 Å². The summed E-state index contributed by atoms with van der Waals surface area (Å²) in [6.45, 7) is -0.0786. The first-order chi connectivity index (χ1) is 17.0. The maximum Gasteiger partial charge on any atom is 0.411 e. The normalized spacial score (nSPS) is 14.1. The Labute approximate surface area is 203 Å². The van der Waals surface area contributed by atoms with Gasteiger partial charge in [-0.1, -0.05) is 60.7 Å². The number of aliphatic carboxylic acids is 1. The molecule has 0 spiro atoms. The van der Waals surface area contributed by atoms with Crippen molar-refractivity contribution in [2.75, 3.05) is 18.5 Å². The van der Waals surface area contributed by atoms with Crippen LogP contribution in [0.25, 0.3) is 11.1 Å². The predicted molar refractivity (Wildman–Crippen MR) is 131 cm³/mol. The second-order valence-electron chi connectivity index (χ2n) is 8.97. The van der Waals surface area contributed by atoms with Gasteiger partial charge in [-0.15, -0.1) is 0 Å². The van der Waals surface area contributed by atoms with E-state index in [1.807, 2.05) is 24.3 Å². The van der Waals surface area contributed by atoms with Gasteiger partial charge in [-0.2, -0.15) is 0 Å². The fraction of sp³-hybridized carbons (Fsp3) is 0.250. The van der Waals surface area contributed by atoms with Crippen LogP contribution in [-0.2, 0) is 20.7 Å². The quantitative estimate of drug-likeness (QED) is 0.499. The molecule has 5 rings (SSSR count). The molecule has 0 radical (unpaired) electrons. The monoisotopic (exact) mass is 470 g/mol. The van der Waals surface area contributed by atoms with Crippen LogP contribution < -0.4 is 5.32 Å². The molecule has 2 amide bonds. The molecular weight excluding hydrogens is 444 g/mol. The smallest absolute Gasteiger partial charge is 0.411 e. The van der Waals surface area contributed by atoms with E-state index in [1.165, 1.54) is 4.90 Å². The lowest BCUT2D eigenvalue weighted by molar-refractivity contribution is -0.144. The number of fused-ring (bicyclic) bond motifs is 3. The Bertz CT molecular complexity index is 1240. The highest BCUT2D eigenvalue weighted by Gasteiger charge is 2.33. The lowest BCUT2D eigenvalue weighted by atomic mass is 9.98. The summed E-state index contributed by atoms with van der Waals surface area (Å²) in [5, 5.41) is 11.8. The van der Waals surface area contributed by atoms with Crippen molar-refractivity contribution in [2.24, 2.45) is 0 Å². The number of nitrogens with zero attached hydrogens (tertiary/aromatic N) is 1. The molecule has 2 aliphatic rings. The summed E-state index contributed by atoms with van der Waals surface area (Å²) in [5.41, 5.74) is 5.83. The number of anilines is 1. The Balaban J connectivity index is 1.21. The van der Waals surface area contributed by atoms with Gasteiger partial charge in [0.25, 0.3) is 0 Å². The van der Waals surface area contributed by atoms with E-state index in [0.29, 0.717) is 11.3 Å². The van der Waals surface area contributed by atoms with Gasteiger partial charge in [0.05, 0.1) is 6.42 Å². The maximum atomic E-state index is 12.7. The van der Waals surface area contributed by atoms with Gasteiger partial charge in [0.15, 0.2) is 0 Å². The maximum absolute atomic E-state index is 12.7. The minimum absolute atomic E-state index is 0.0146. The molecule has 0 aliphatic heterocycles. The molecule has 3 aromatic carbocycles. The number of carboxylic acids is 1. The van der Waals surface area contributed by atoms with Crippen molar-refractivity contribution in [2.45, 2.75) is 31.2 Å². The molecule has 7 heteroatoms. The summed E-state index contributed by atoms with van der Waals surface area (Å²) in [7, 11) is 0. The van der Waals surface area contributed by atoms with Crippen LogP contribution in [0.3, 0.4) is 0 Å². The molecule has 0 atom stereocenters. The van der Waals surface area contributed by atoms with E-state index in [0.717, 1.165) is 35.1 Å². The van der Waals surface area contributed by atoms with E-state index in [4.69, 9.17) is 9.84 Å². The zero-order valence-electron chi connectivity index (χ0n) is 19.1. The average Bonchev–Trinajstić information content (AvgIpc) is 3.64. The van der Waals surface area contributed by atoms with Crippen molar-refractivity contribution in [3.05, 3.63) is 89.5 Å². The van der Waals surface area contributed by atoms with Crippen LogP contribution in [-0.4, -0.2) is 47.2 Å². The van der Waals surface area contributed by atoms with Gasteiger partial charge < -0.3 is 14.7 Å². The van der Waals surface area contributed by atoms with Crippen LogP contribution in [0.1, 0.15) is 35.4 Å². The Morgan fingerprint density at radius 3 is 2.20 bits per heavy atom. The third-order valence-electron chi connectivity index (χ3n) is 6.49. The van der Waals surface area contributed by atoms with E-state index in [-0.39, 0.29) is 37.4 Å². The van der Waals surface area contributed by atoms with Gasteiger partial charge in [-0.25, -0.2) is 4.79 Å². The molecule has 0 bridgehead atoms. The van der Waals surface area contributed by atoms with Crippen molar-refractivity contribution in [1.82, 2.24) is 4.90 Å². The fourth-order valence-corrected chi connectivity index (χ4v) is 4.74. The highest BCUT2D eigenvalue weighted by molar-refractivity contribution is 5.86. The lowest BCUT2D eigenvalue weighted by Gasteiger charge is -2.20. The zero-order chi connectivity index (χ0) is 24.4. The van der Waals surface area contributed by atoms with E-state index in [9.17, 15) is 14.4 Å². The summed E-state index contributed by atoms with van der Waals surface area (Å²) >= 11 is 0. The number of nitrogens with one attached hydrogen (secondary N) is 1. The number of rotatable bonds is 8. The van der Waals surface area contributed by atoms with Crippen molar-refractivity contribution < 1.29 is 24.2 Å². The standard InChI is InChI=1S/C28H26N2O5/c31-26(30(16-27(32)33)20-12-13-20)15-18-6-5-7-19(14-18)29-28(34)35-17-25-23-10-3-1-8-21(23)22-9-2-4-11-24(22)25/h1-11,14,20,25H,12-13,15-17H2,(H,29,34)(H,32,33). The number of ether oxygens (including phenoxy) is 1. The summed E-state index contributed by atoms with van der Waals surface area (Å²) in [6.07, 6.45) is 1.18. The summed E-state index contributed by atoms with van der Waals surface area (Å²) < 4.78 is 5.60. The third kappa shape index (κ3) is 5.04. The SMILES string of the molecule is O=C(O)CN(C(=O)Cc1cccc(NC(=O)OCC2c3ccccc3-c3ccccc32)c1)C1CC1. The largest absolute Gasteiger partial charge is 0.480 e. The molecule has 3 aromatic rings. The number of hydrogen-bond donors (Lipinski definition) is 2. The molecule has 35 heavy (non-hydrogen) atoms. The second kappa shape index (κ2) is 9.62. The molecule has 1 saturated carbocycles. The van der Waals surface area contributed by atoms with Crippen LogP contribution in [0.2, 0.25) is 0 Å². The molecule has 0 saturated heterocycles. The minimum atomic E-state index is -1.02. The van der Waals surface area contributed by atoms with Crippen LogP contribution in [0.5, 0.6) is 0 Å². The van der Waals surface area contributed by atoms with Crippen molar-refractivity contribution >= 4 is 23.7 Å². The molecule has 0 unspecified atom stereocenters. The van der Waals surface area contributed by atoms with Crippen LogP contribution >= 0.6 is 0 Å². The van der Waals surface area contributed by atoms with Gasteiger partial charge >= 0.3 is 12.1 Å². The first kappa shape index (κ1) is 22.7. The van der Waals surface area contributed by atoms with Crippen LogP contribution in [0.15, 0.2) is 72.8 Å². The van der Waals surface area contributed by atoms with E-state index >= 15 is 0 Å². The summed E-state index contributed by atoms with van der Waals surface area (Å²) in [5.74, 6) is -1.27. The average molecular weight is 471 g/mol. The number of amides is 2. The minimum Gasteiger partial charge on any atom is -0.480 e. The molecule has 0 aromatic heterocycles. The molecule has 0 heterocycles. The molecular formula is C28H26N2O5. The Kier molecular flexibility index (Phi) is 6.23.